The predicted octanol–water partition coefficient (Wildman–Crippen LogP) is 2.75. The molecule has 0 saturated carbocycles. The van der Waals surface area contributed by atoms with Crippen LogP contribution in [0.1, 0.15) is 36.0 Å². The van der Waals surface area contributed by atoms with Crippen molar-refractivity contribution in [1.29, 1.82) is 0 Å². The molecular formula is C16H23NO3. The molecule has 1 unspecified atom stereocenters. The van der Waals surface area contributed by atoms with Crippen molar-refractivity contribution in [2.75, 3.05) is 13.7 Å². The molecule has 1 N–H and O–H groups in total. The molecule has 1 aromatic rings. The van der Waals surface area contributed by atoms with Crippen LogP contribution in [0.4, 0.5) is 0 Å². The maximum Gasteiger partial charge on any atom is 0.320 e. The summed E-state index contributed by atoms with van der Waals surface area (Å²) >= 11 is 0. The Morgan fingerprint density at radius 2 is 2.00 bits per heavy atom. The number of aliphatic carboxylic acids is 1. The van der Waals surface area contributed by atoms with Gasteiger partial charge < -0.3 is 9.84 Å². The highest BCUT2D eigenvalue weighted by atomic mass is 16.5. The Morgan fingerprint density at radius 3 is 2.55 bits per heavy atom. The summed E-state index contributed by atoms with van der Waals surface area (Å²) in [5.41, 5.74) is 3.37. The topological polar surface area (TPSA) is 49.8 Å². The molecule has 1 aromatic carbocycles. The summed E-state index contributed by atoms with van der Waals surface area (Å²) in [5, 5.41) is 9.32. The number of hydrogen-bond acceptors (Lipinski definition) is 3. The van der Waals surface area contributed by atoms with Crippen LogP contribution in [-0.2, 0) is 11.3 Å². The Morgan fingerprint density at radius 1 is 1.35 bits per heavy atom. The van der Waals surface area contributed by atoms with Crippen LogP contribution in [0.25, 0.3) is 0 Å². The summed E-state index contributed by atoms with van der Waals surface area (Å²) in [5.74, 6) is 0.217. The Hall–Kier alpha value is -1.55. The van der Waals surface area contributed by atoms with Crippen molar-refractivity contribution in [3.8, 4) is 5.75 Å². The average Bonchev–Trinajstić information content (AvgIpc) is 2.38. The van der Waals surface area contributed by atoms with Crippen LogP contribution >= 0.6 is 0 Å². The lowest BCUT2D eigenvalue weighted by atomic mass is 10.00. The van der Waals surface area contributed by atoms with E-state index in [0.717, 1.165) is 48.2 Å². The Balaban J connectivity index is 2.18. The summed E-state index contributed by atoms with van der Waals surface area (Å²) in [4.78, 5) is 13.4. The molecule has 0 radical (unpaired) electrons. The smallest absolute Gasteiger partial charge is 0.320 e. The minimum absolute atomic E-state index is 0.341. The lowest BCUT2D eigenvalue weighted by Crippen LogP contribution is -2.44. The number of carbonyl (C=O) groups is 1. The summed E-state index contributed by atoms with van der Waals surface area (Å²) in [6.07, 6.45) is 2.84. The summed E-state index contributed by atoms with van der Waals surface area (Å²) in [7, 11) is 1.68. The minimum atomic E-state index is -0.702. The van der Waals surface area contributed by atoms with Crippen LogP contribution < -0.4 is 4.74 Å². The fourth-order valence-electron chi connectivity index (χ4n) is 3.15. The van der Waals surface area contributed by atoms with E-state index in [9.17, 15) is 9.90 Å². The van der Waals surface area contributed by atoms with Gasteiger partial charge in [0.1, 0.15) is 11.8 Å². The van der Waals surface area contributed by atoms with E-state index >= 15 is 0 Å². The van der Waals surface area contributed by atoms with E-state index in [0.29, 0.717) is 6.54 Å². The number of likely N-dealkylation sites (tertiary alicyclic amines) is 1. The van der Waals surface area contributed by atoms with E-state index in [4.69, 9.17) is 4.74 Å². The van der Waals surface area contributed by atoms with Crippen LogP contribution in [-0.4, -0.2) is 35.7 Å². The summed E-state index contributed by atoms with van der Waals surface area (Å²) in [6.45, 7) is 5.62. The van der Waals surface area contributed by atoms with E-state index < -0.39 is 5.97 Å². The van der Waals surface area contributed by atoms with Crippen LogP contribution in [0.15, 0.2) is 12.1 Å². The first-order valence-corrected chi connectivity index (χ1v) is 7.14. The normalized spacial score (nSPS) is 19.9. The SMILES string of the molecule is COc1c(C)cc(CN2CCCCC2C(=O)O)cc1C. The number of benzene rings is 1. The van der Waals surface area contributed by atoms with E-state index in [2.05, 4.69) is 17.0 Å². The minimum Gasteiger partial charge on any atom is -0.496 e. The number of ether oxygens (including phenoxy) is 1. The molecule has 0 amide bonds. The van der Waals surface area contributed by atoms with Gasteiger partial charge >= 0.3 is 5.97 Å². The first-order chi connectivity index (χ1) is 9.52. The number of nitrogens with zero attached hydrogens (tertiary/aromatic N) is 1. The van der Waals surface area contributed by atoms with Gasteiger partial charge in [0.05, 0.1) is 7.11 Å². The third-order valence-corrected chi connectivity index (χ3v) is 4.01. The molecule has 2 rings (SSSR count). The number of aryl methyl sites for hydroxylation is 2. The molecule has 1 aliphatic heterocycles. The molecule has 4 nitrogen and oxygen atoms in total. The Kier molecular flexibility index (Phi) is 4.65. The molecule has 0 aromatic heterocycles. The van der Waals surface area contributed by atoms with Crippen molar-refractivity contribution >= 4 is 5.97 Å². The number of hydrogen-bond donors (Lipinski definition) is 1. The monoisotopic (exact) mass is 277 g/mol. The van der Waals surface area contributed by atoms with Crippen molar-refractivity contribution < 1.29 is 14.6 Å². The highest BCUT2D eigenvalue weighted by Gasteiger charge is 2.28. The molecular weight excluding hydrogens is 254 g/mol. The van der Waals surface area contributed by atoms with Gasteiger partial charge in [-0.1, -0.05) is 18.6 Å². The van der Waals surface area contributed by atoms with Gasteiger partial charge in [-0.25, -0.2) is 0 Å². The molecule has 0 spiro atoms. The molecule has 20 heavy (non-hydrogen) atoms. The van der Waals surface area contributed by atoms with E-state index in [1.165, 1.54) is 0 Å². The molecule has 1 saturated heterocycles. The number of piperidine rings is 1. The quantitative estimate of drug-likeness (QED) is 0.919. The lowest BCUT2D eigenvalue weighted by Gasteiger charge is -2.33. The van der Waals surface area contributed by atoms with Crippen molar-refractivity contribution in [1.82, 2.24) is 4.90 Å². The maximum absolute atomic E-state index is 11.3. The third kappa shape index (κ3) is 3.12. The van der Waals surface area contributed by atoms with Gasteiger partial charge in [-0.3, -0.25) is 9.69 Å². The second kappa shape index (κ2) is 6.27. The summed E-state index contributed by atoms with van der Waals surface area (Å²) in [6, 6.07) is 3.85. The van der Waals surface area contributed by atoms with Gasteiger partial charge in [-0.15, -0.1) is 0 Å². The molecule has 0 bridgehead atoms. The summed E-state index contributed by atoms with van der Waals surface area (Å²) < 4.78 is 5.37. The zero-order valence-electron chi connectivity index (χ0n) is 12.5. The number of carboxylic acid groups (broad SMARTS) is 1. The molecule has 1 aliphatic rings. The largest absolute Gasteiger partial charge is 0.496 e. The second-order valence-corrected chi connectivity index (χ2v) is 5.58. The second-order valence-electron chi connectivity index (χ2n) is 5.58. The number of carboxylic acids is 1. The van der Waals surface area contributed by atoms with E-state index in [1.54, 1.807) is 7.11 Å². The van der Waals surface area contributed by atoms with Crippen LogP contribution in [0.3, 0.4) is 0 Å². The molecule has 1 heterocycles. The zero-order valence-corrected chi connectivity index (χ0v) is 12.5. The van der Waals surface area contributed by atoms with Crippen molar-refractivity contribution in [2.45, 2.75) is 45.7 Å². The lowest BCUT2D eigenvalue weighted by molar-refractivity contribution is -0.144. The fraction of sp³-hybridized carbons (Fsp3) is 0.562. The highest BCUT2D eigenvalue weighted by molar-refractivity contribution is 5.73. The predicted molar refractivity (Wildman–Crippen MR) is 78.2 cm³/mol. The standard InChI is InChI=1S/C16H23NO3/c1-11-8-13(9-12(2)15(11)20-3)10-17-7-5-4-6-14(17)16(18)19/h8-9,14H,4-7,10H2,1-3H3,(H,18,19). The zero-order chi connectivity index (χ0) is 14.7. The van der Waals surface area contributed by atoms with E-state index in [-0.39, 0.29) is 6.04 Å². The maximum atomic E-state index is 11.3. The van der Waals surface area contributed by atoms with Gasteiger partial charge in [0.2, 0.25) is 0 Å². The van der Waals surface area contributed by atoms with E-state index in [1.807, 2.05) is 13.8 Å². The Labute approximate surface area is 120 Å². The number of rotatable bonds is 4. The van der Waals surface area contributed by atoms with Crippen LogP contribution in [0, 0.1) is 13.8 Å². The highest BCUT2D eigenvalue weighted by Crippen LogP contribution is 2.26. The van der Waals surface area contributed by atoms with Crippen molar-refractivity contribution in [3.63, 3.8) is 0 Å². The van der Waals surface area contributed by atoms with Gasteiger partial charge in [-0.05, 0) is 49.9 Å². The molecule has 1 fully saturated rings. The fourth-order valence-corrected chi connectivity index (χ4v) is 3.15. The van der Waals surface area contributed by atoms with Gasteiger partial charge in [0, 0.05) is 6.54 Å². The first kappa shape index (κ1) is 14.9. The van der Waals surface area contributed by atoms with Gasteiger partial charge in [0.15, 0.2) is 0 Å². The van der Waals surface area contributed by atoms with Gasteiger partial charge in [0.25, 0.3) is 0 Å². The van der Waals surface area contributed by atoms with Gasteiger partial charge in [-0.2, -0.15) is 0 Å². The van der Waals surface area contributed by atoms with Crippen molar-refractivity contribution in [3.05, 3.63) is 28.8 Å². The first-order valence-electron chi connectivity index (χ1n) is 7.14. The van der Waals surface area contributed by atoms with Crippen LogP contribution in [0.2, 0.25) is 0 Å². The Bertz CT molecular complexity index is 475. The number of methoxy groups -OCH3 is 1. The molecule has 1 atom stereocenters. The molecule has 0 aliphatic carbocycles. The van der Waals surface area contributed by atoms with Crippen molar-refractivity contribution in [2.24, 2.45) is 0 Å². The van der Waals surface area contributed by atoms with Crippen LogP contribution in [0.5, 0.6) is 5.75 Å². The molecule has 110 valence electrons. The third-order valence-electron chi connectivity index (χ3n) is 4.01. The molecule has 4 heteroatoms. The average molecular weight is 277 g/mol.